The third-order valence-electron chi connectivity index (χ3n) is 3.06. The van der Waals surface area contributed by atoms with Gasteiger partial charge in [-0.15, -0.1) is 0 Å². The Labute approximate surface area is 134 Å². The lowest BCUT2D eigenvalue weighted by molar-refractivity contribution is -0.119. The van der Waals surface area contributed by atoms with E-state index in [9.17, 15) is 9.59 Å². The monoisotopic (exact) mass is 311 g/mol. The average Bonchev–Trinajstić information content (AvgIpc) is 2.58. The first-order valence-corrected chi connectivity index (χ1v) is 6.96. The fourth-order valence-corrected chi connectivity index (χ4v) is 1.85. The lowest BCUT2D eigenvalue weighted by atomic mass is 10.1. The van der Waals surface area contributed by atoms with Crippen molar-refractivity contribution in [2.45, 2.75) is 0 Å². The van der Waals surface area contributed by atoms with Crippen LogP contribution in [0.1, 0.15) is 15.9 Å². The zero-order valence-electron chi connectivity index (χ0n) is 12.7. The summed E-state index contributed by atoms with van der Waals surface area (Å²) in [5.74, 6) is 0.578. The van der Waals surface area contributed by atoms with Gasteiger partial charge in [-0.05, 0) is 48.0 Å². The molecule has 5 heteroatoms. The minimum Gasteiger partial charge on any atom is -0.497 e. The Kier molecular flexibility index (Phi) is 5.52. The van der Waals surface area contributed by atoms with Gasteiger partial charge in [0.15, 0.2) is 12.4 Å². The molecule has 0 saturated carbocycles. The molecular formula is C18H17NO4. The quantitative estimate of drug-likeness (QED) is 0.629. The molecular weight excluding hydrogens is 294 g/mol. The van der Waals surface area contributed by atoms with Gasteiger partial charge in [-0.2, -0.15) is 0 Å². The molecule has 118 valence electrons. The topological polar surface area (TPSA) is 78.6 Å². The maximum atomic E-state index is 12.1. The first-order valence-electron chi connectivity index (χ1n) is 6.96. The zero-order valence-corrected chi connectivity index (χ0v) is 12.7. The Morgan fingerprint density at radius 2 is 1.61 bits per heavy atom. The molecule has 0 spiro atoms. The van der Waals surface area contributed by atoms with Gasteiger partial charge in [0.1, 0.15) is 11.5 Å². The number of hydrogen-bond acceptors (Lipinski definition) is 4. The summed E-state index contributed by atoms with van der Waals surface area (Å²) in [5.41, 5.74) is 6.43. The van der Waals surface area contributed by atoms with Crippen LogP contribution in [0.15, 0.2) is 54.6 Å². The normalized spacial score (nSPS) is 10.5. The van der Waals surface area contributed by atoms with Crippen LogP contribution >= 0.6 is 0 Å². The molecule has 0 aliphatic carbocycles. The molecule has 0 fully saturated rings. The second-order valence-corrected chi connectivity index (χ2v) is 4.75. The van der Waals surface area contributed by atoms with E-state index in [1.807, 2.05) is 24.3 Å². The van der Waals surface area contributed by atoms with Crippen molar-refractivity contribution in [2.75, 3.05) is 13.7 Å². The summed E-state index contributed by atoms with van der Waals surface area (Å²) in [6, 6.07) is 13.9. The summed E-state index contributed by atoms with van der Waals surface area (Å²) in [7, 11) is 1.60. The van der Waals surface area contributed by atoms with Crippen molar-refractivity contribution in [1.82, 2.24) is 0 Å². The Bertz CT molecular complexity index is 703. The van der Waals surface area contributed by atoms with Crippen molar-refractivity contribution in [3.05, 3.63) is 65.7 Å². The first kappa shape index (κ1) is 16.3. The van der Waals surface area contributed by atoms with Crippen molar-refractivity contribution in [3.63, 3.8) is 0 Å². The minimum absolute atomic E-state index is 0.123. The molecule has 0 aliphatic rings. The van der Waals surface area contributed by atoms with E-state index in [0.717, 1.165) is 11.3 Å². The summed E-state index contributed by atoms with van der Waals surface area (Å²) in [6.07, 6.45) is 3.24. The second kappa shape index (κ2) is 7.79. The maximum absolute atomic E-state index is 12.1. The highest BCUT2D eigenvalue weighted by atomic mass is 16.5. The minimum atomic E-state index is -0.549. The molecule has 0 aromatic heterocycles. The number of nitrogens with two attached hydrogens (primary N) is 1. The van der Waals surface area contributed by atoms with E-state index >= 15 is 0 Å². The number of methoxy groups -OCH3 is 1. The van der Waals surface area contributed by atoms with Crippen LogP contribution in [0.4, 0.5) is 0 Å². The SMILES string of the molecule is COc1ccc(/C=C/C(=O)c2ccc(OCC(N)=O)cc2)cc1. The van der Waals surface area contributed by atoms with Crippen LogP contribution in [0.5, 0.6) is 11.5 Å². The Morgan fingerprint density at radius 1 is 1.00 bits per heavy atom. The highest BCUT2D eigenvalue weighted by Gasteiger charge is 2.03. The first-order chi connectivity index (χ1) is 11.1. The summed E-state index contributed by atoms with van der Waals surface area (Å²) < 4.78 is 10.2. The van der Waals surface area contributed by atoms with Crippen LogP contribution in [-0.4, -0.2) is 25.4 Å². The molecule has 2 N–H and O–H groups in total. The second-order valence-electron chi connectivity index (χ2n) is 4.75. The lowest BCUT2D eigenvalue weighted by Gasteiger charge is -2.03. The van der Waals surface area contributed by atoms with Crippen molar-refractivity contribution in [3.8, 4) is 11.5 Å². The van der Waals surface area contributed by atoms with Gasteiger partial charge in [0, 0.05) is 5.56 Å². The average molecular weight is 311 g/mol. The fourth-order valence-electron chi connectivity index (χ4n) is 1.85. The highest BCUT2D eigenvalue weighted by Crippen LogP contribution is 2.15. The predicted octanol–water partition coefficient (Wildman–Crippen LogP) is 2.46. The maximum Gasteiger partial charge on any atom is 0.255 e. The van der Waals surface area contributed by atoms with Crippen LogP contribution < -0.4 is 15.2 Å². The molecule has 0 heterocycles. The molecule has 0 saturated heterocycles. The summed E-state index contributed by atoms with van der Waals surface area (Å²) in [4.78, 5) is 22.7. The Hall–Kier alpha value is -3.08. The highest BCUT2D eigenvalue weighted by molar-refractivity contribution is 6.06. The van der Waals surface area contributed by atoms with E-state index in [1.54, 1.807) is 37.5 Å². The van der Waals surface area contributed by atoms with Crippen molar-refractivity contribution in [1.29, 1.82) is 0 Å². The van der Waals surface area contributed by atoms with Gasteiger partial charge in [-0.1, -0.05) is 18.2 Å². The number of primary amides is 1. The third-order valence-corrected chi connectivity index (χ3v) is 3.06. The fraction of sp³-hybridized carbons (Fsp3) is 0.111. The number of benzene rings is 2. The largest absolute Gasteiger partial charge is 0.497 e. The van der Waals surface area contributed by atoms with Crippen LogP contribution in [0.3, 0.4) is 0 Å². The molecule has 0 bridgehead atoms. The van der Waals surface area contributed by atoms with Gasteiger partial charge < -0.3 is 15.2 Å². The number of carbonyl (C=O) groups excluding carboxylic acids is 2. The third kappa shape index (κ3) is 5.00. The number of ketones is 1. The van der Waals surface area contributed by atoms with Gasteiger partial charge in [-0.25, -0.2) is 0 Å². The van der Waals surface area contributed by atoms with Crippen molar-refractivity contribution in [2.24, 2.45) is 5.73 Å². The van der Waals surface area contributed by atoms with E-state index in [1.165, 1.54) is 6.08 Å². The predicted molar refractivity (Wildman–Crippen MR) is 87.5 cm³/mol. The molecule has 1 amide bonds. The van der Waals surface area contributed by atoms with Gasteiger partial charge in [0.25, 0.3) is 5.91 Å². The van der Waals surface area contributed by atoms with E-state index in [0.29, 0.717) is 11.3 Å². The smallest absolute Gasteiger partial charge is 0.255 e. The lowest BCUT2D eigenvalue weighted by Crippen LogP contribution is -2.19. The van der Waals surface area contributed by atoms with Gasteiger partial charge >= 0.3 is 0 Å². The van der Waals surface area contributed by atoms with Crippen LogP contribution in [0, 0.1) is 0 Å². The van der Waals surface area contributed by atoms with Crippen molar-refractivity contribution >= 4 is 17.8 Å². The number of hydrogen-bond donors (Lipinski definition) is 1. The summed E-state index contributed by atoms with van der Waals surface area (Å²) >= 11 is 0. The van der Waals surface area contributed by atoms with Crippen LogP contribution in [0.25, 0.3) is 6.08 Å². The molecule has 0 unspecified atom stereocenters. The molecule has 23 heavy (non-hydrogen) atoms. The molecule has 2 rings (SSSR count). The summed E-state index contributed by atoms with van der Waals surface area (Å²) in [6.45, 7) is -0.190. The molecule has 0 radical (unpaired) electrons. The van der Waals surface area contributed by atoms with E-state index < -0.39 is 5.91 Å². The van der Waals surface area contributed by atoms with E-state index in [2.05, 4.69) is 0 Å². The number of amides is 1. The molecule has 2 aromatic rings. The molecule has 5 nitrogen and oxygen atoms in total. The molecule has 2 aromatic carbocycles. The zero-order chi connectivity index (χ0) is 16.7. The number of ether oxygens (including phenoxy) is 2. The summed E-state index contributed by atoms with van der Waals surface area (Å²) in [5, 5.41) is 0. The van der Waals surface area contributed by atoms with Gasteiger partial charge in [0.05, 0.1) is 7.11 Å². The van der Waals surface area contributed by atoms with Gasteiger partial charge in [-0.3, -0.25) is 9.59 Å². The molecule has 0 aliphatic heterocycles. The Morgan fingerprint density at radius 3 is 2.17 bits per heavy atom. The number of rotatable bonds is 7. The van der Waals surface area contributed by atoms with Crippen LogP contribution in [0.2, 0.25) is 0 Å². The number of allylic oxidation sites excluding steroid dienone is 1. The van der Waals surface area contributed by atoms with Crippen molar-refractivity contribution < 1.29 is 19.1 Å². The standard InChI is InChI=1S/C18H17NO4/c1-22-15-7-2-13(3-8-15)4-11-17(20)14-5-9-16(10-6-14)23-12-18(19)21/h2-11H,12H2,1H3,(H2,19,21)/b11-4+. The van der Waals surface area contributed by atoms with Crippen LogP contribution in [-0.2, 0) is 4.79 Å². The van der Waals surface area contributed by atoms with E-state index in [-0.39, 0.29) is 12.4 Å². The molecule has 0 atom stereocenters. The van der Waals surface area contributed by atoms with E-state index in [4.69, 9.17) is 15.2 Å². The Balaban J connectivity index is 1.99. The van der Waals surface area contributed by atoms with Gasteiger partial charge in [0.2, 0.25) is 0 Å². The number of carbonyl (C=O) groups is 2.